The van der Waals surface area contributed by atoms with Gasteiger partial charge in [-0.3, -0.25) is 14.4 Å². The summed E-state index contributed by atoms with van der Waals surface area (Å²) in [6.07, 6.45) is -0.454. The SMILES string of the molecule is NC(=O)COc1cccc(C(=O)N[C@H](CC(=O)O)c2ccc(Cl)c(F)c2)c1. The minimum atomic E-state index is -1.17. The van der Waals surface area contributed by atoms with Crippen LogP contribution in [0.1, 0.15) is 28.4 Å². The lowest BCUT2D eigenvalue weighted by molar-refractivity contribution is -0.137. The molecule has 0 aliphatic carbocycles. The maximum Gasteiger partial charge on any atom is 0.305 e. The molecule has 0 aliphatic rings. The Morgan fingerprint density at radius 2 is 1.96 bits per heavy atom. The van der Waals surface area contributed by atoms with Gasteiger partial charge in [-0.25, -0.2) is 4.39 Å². The topological polar surface area (TPSA) is 119 Å². The Hall–Kier alpha value is -3.13. The average Bonchev–Trinajstić information content (AvgIpc) is 2.61. The molecule has 4 N–H and O–H groups in total. The van der Waals surface area contributed by atoms with E-state index in [-0.39, 0.29) is 28.5 Å². The molecule has 0 spiro atoms. The van der Waals surface area contributed by atoms with Crippen molar-refractivity contribution < 1.29 is 28.6 Å². The molecule has 0 radical (unpaired) electrons. The number of amides is 2. The Labute approximate surface area is 158 Å². The number of halogens is 2. The number of hydrogen-bond donors (Lipinski definition) is 3. The first-order valence-corrected chi connectivity index (χ1v) is 8.13. The fraction of sp³-hybridized carbons (Fsp3) is 0.167. The summed E-state index contributed by atoms with van der Waals surface area (Å²) in [4.78, 5) is 34.4. The van der Waals surface area contributed by atoms with Crippen molar-refractivity contribution in [2.24, 2.45) is 5.73 Å². The van der Waals surface area contributed by atoms with E-state index in [0.717, 1.165) is 6.07 Å². The number of benzene rings is 2. The van der Waals surface area contributed by atoms with E-state index in [0.29, 0.717) is 0 Å². The second-order valence-electron chi connectivity index (χ2n) is 5.58. The molecule has 2 amide bonds. The van der Waals surface area contributed by atoms with Gasteiger partial charge in [0.2, 0.25) is 0 Å². The van der Waals surface area contributed by atoms with Crippen LogP contribution in [0, 0.1) is 5.82 Å². The molecule has 27 heavy (non-hydrogen) atoms. The molecular formula is C18H16ClFN2O5. The number of hydrogen-bond acceptors (Lipinski definition) is 4. The summed E-state index contributed by atoms with van der Waals surface area (Å²) in [5, 5.41) is 11.5. The summed E-state index contributed by atoms with van der Waals surface area (Å²) in [5.74, 6) is -2.92. The molecule has 0 heterocycles. The zero-order chi connectivity index (χ0) is 20.0. The Morgan fingerprint density at radius 3 is 2.59 bits per heavy atom. The van der Waals surface area contributed by atoms with Gasteiger partial charge in [-0.1, -0.05) is 23.7 Å². The van der Waals surface area contributed by atoms with Crippen molar-refractivity contribution in [1.29, 1.82) is 0 Å². The van der Waals surface area contributed by atoms with Crippen LogP contribution in [0.3, 0.4) is 0 Å². The van der Waals surface area contributed by atoms with Crippen LogP contribution < -0.4 is 15.8 Å². The number of carbonyl (C=O) groups is 3. The van der Waals surface area contributed by atoms with Gasteiger partial charge in [-0.2, -0.15) is 0 Å². The molecule has 9 heteroatoms. The summed E-state index contributed by atoms with van der Waals surface area (Å²) in [7, 11) is 0. The molecule has 1 atom stereocenters. The van der Waals surface area contributed by atoms with Gasteiger partial charge < -0.3 is 20.9 Å². The van der Waals surface area contributed by atoms with Crippen LogP contribution >= 0.6 is 11.6 Å². The Bertz CT molecular complexity index is 875. The quantitative estimate of drug-likeness (QED) is 0.634. The van der Waals surface area contributed by atoms with E-state index in [1.165, 1.54) is 36.4 Å². The number of carboxylic acids is 1. The highest BCUT2D eigenvalue weighted by atomic mass is 35.5. The Kier molecular flexibility index (Phi) is 6.73. The first-order chi connectivity index (χ1) is 12.8. The van der Waals surface area contributed by atoms with Crippen molar-refractivity contribution in [3.05, 3.63) is 64.4 Å². The third kappa shape index (κ3) is 5.96. The maximum atomic E-state index is 13.7. The third-order valence-corrected chi connectivity index (χ3v) is 3.81. The van der Waals surface area contributed by atoms with Crippen LogP contribution in [0.15, 0.2) is 42.5 Å². The van der Waals surface area contributed by atoms with Crippen molar-refractivity contribution in [2.75, 3.05) is 6.61 Å². The number of ether oxygens (including phenoxy) is 1. The molecule has 2 rings (SSSR count). The van der Waals surface area contributed by atoms with Crippen LogP contribution in [-0.4, -0.2) is 29.5 Å². The largest absolute Gasteiger partial charge is 0.484 e. The number of carboxylic acid groups (broad SMARTS) is 1. The van der Waals surface area contributed by atoms with Crippen molar-refractivity contribution in [3.63, 3.8) is 0 Å². The highest BCUT2D eigenvalue weighted by Crippen LogP contribution is 2.23. The summed E-state index contributed by atoms with van der Waals surface area (Å²) in [6.45, 7) is -0.350. The lowest BCUT2D eigenvalue weighted by atomic mass is 10.0. The normalized spacial score (nSPS) is 11.5. The molecule has 0 saturated carbocycles. The fourth-order valence-electron chi connectivity index (χ4n) is 2.28. The number of aliphatic carboxylic acids is 1. The fourth-order valence-corrected chi connectivity index (χ4v) is 2.40. The molecular weight excluding hydrogens is 379 g/mol. The predicted molar refractivity (Wildman–Crippen MR) is 95.0 cm³/mol. The number of primary amides is 1. The van der Waals surface area contributed by atoms with E-state index >= 15 is 0 Å². The van der Waals surface area contributed by atoms with Gasteiger partial charge in [0.1, 0.15) is 11.6 Å². The van der Waals surface area contributed by atoms with Gasteiger partial charge in [0.15, 0.2) is 6.61 Å². The minimum absolute atomic E-state index is 0.113. The van der Waals surface area contributed by atoms with E-state index < -0.39 is 36.1 Å². The maximum absolute atomic E-state index is 13.7. The number of nitrogens with two attached hydrogens (primary N) is 1. The smallest absolute Gasteiger partial charge is 0.305 e. The first kappa shape index (κ1) is 20.2. The number of rotatable bonds is 8. The average molecular weight is 395 g/mol. The summed E-state index contributed by atoms with van der Waals surface area (Å²) < 4.78 is 18.8. The van der Waals surface area contributed by atoms with E-state index in [4.69, 9.17) is 27.2 Å². The van der Waals surface area contributed by atoms with Crippen LogP contribution in [-0.2, 0) is 9.59 Å². The zero-order valence-corrected chi connectivity index (χ0v) is 14.7. The summed E-state index contributed by atoms with van der Waals surface area (Å²) in [6, 6.07) is 8.73. The van der Waals surface area contributed by atoms with Crippen molar-refractivity contribution in [2.45, 2.75) is 12.5 Å². The number of carbonyl (C=O) groups excluding carboxylic acids is 2. The van der Waals surface area contributed by atoms with Crippen LogP contribution in [0.4, 0.5) is 4.39 Å². The molecule has 0 bridgehead atoms. The second kappa shape index (κ2) is 9.00. The van der Waals surface area contributed by atoms with Gasteiger partial charge in [0, 0.05) is 5.56 Å². The summed E-state index contributed by atoms with van der Waals surface area (Å²) in [5.41, 5.74) is 5.43. The highest BCUT2D eigenvalue weighted by Gasteiger charge is 2.20. The molecule has 7 nitrogen and oxygen atoms in total. The Morgan fingerprint density at radius 1 is 1.22 bits per heavy atom. The molecule has 0 saturated heterocycles. The van der Waals surface area contributed by atoms with Crippen molar-refractivity contribution in [3.8, 4) is 5.75 Å². The predicted octanol–water partition coefficient (Wildman–Crippen LogP) is 2.29. The van der Waals surface area contributed by atoms with Crippen LogP contribution in [0.25, 0.3) is 0 Å². The van der Waals surface area contributed by atoms with Gasteiger partial charge in [-0.15, -0.1) is 0 Å². The van der Waals surface area contributed by atoms with Gasteiger partial charge in [0.05, 0.1) is 17.5 Å². The molecule has 2 aromatic carbocycles. The van der Waals surface area contributed by atoms with Crippen LogP contribution in [0.5, 0.6) is 5.75 Å². The summed E-state index contributed by atoms with van der Waals surface area (Å²) >= 11 is 5.64. The van der Waals surface area contributed by atoms with E-state index in [9.17, 15) is 18.8 Å². The molecule has 0 fully saturated rings. The third-order valence-electron chi connectivity index (χ3n) is 3.51. The highest BCUT2D eigenvalue weighted by molar-refractivity contribution is 6.30. The lowest BCUT2D eigenvalue weighted by Crippen LogP contribution is -2.30. The molecule has 2 aromatic rings. The monoisotopic (exact) mass is 394 g/mol. The number of nitrogens with one attached hydrogen (secondary N) is 1. The zero-order valence-electron chi connectivity index (χ0n) is 13.9. The van der Waals surface area contributed by atoms with Gasteiger partial charge in [0.25, 0.3) is 11.8 Å². The van der Waals surface area contributed by atoms with E-state index in [1.807, 2.05) is 0 Å². The van der Waals surface area contributed by atoms with Gasteiger partial charge >= 0.3 is 5.97 Å². The molecule has 0 aliphatic heterocycles. The van der Waals surface area contributed by atoms with E-state index in [2.05, 4.69) is 5.32 Å². The van der Waals surface area contributed by atoms with Crippen molar-refractivity contribution >= 4 is 29.4 Å². The molecule has 0 aromatic heterocycles. The molecule has 142 valence electrons. The standard InChI is InChI=1S/C18H16ClFN2O5/c19-13-5-4-10(7-14(13)20)15(8-17(24)25)22-18(26)11-2-1-3-12(6-11)27-9-16(21)23/h1-7,15H,8-9H2,(H2,21,23)(H,22,26)(H,24,25)/t15-/m1/s1. The van der Waals surface area contributed by atoms with Gasteiger partial charge in [-0.05, 0) is 35.9 Å². The Balaban J connectivity index is 2.20. The van der Waals surface area contributed by atoms with E-state index in [1.54, 1.807) is 0 Å². The minimum Gasteiger partial charge on any atom is -0.484 e. The van der Waals surface area contributed by atoms with Crippen molar-refractivity contribution in [1.82, 2.24) is 5.32 Å². The lowest BCUT2D eigenvalue weighted by Gasteiger charge is -2.18. The molecule has 0 unspecified atom stereocenters. The van der Waals surface area contributed by atoms with Crippen LogP contribution in [0.2, 0.25) is 5.02 Å². The second-order valence-corrected chi connectivity index (χ2v) is 5.99. The first-order valence-electron chi connectivity index (χ1n) is 7.75.